The summed E-state index contributed by atoms with van der Waals surface area (Å²) in [6, 6.07) is 0. The molecule has 1 saturated heterocycles. The van der Waals surface area contributed by atoms with Gasteiger partial charge in [0.15, 0.2) is 0 Å². The van der Waals surface area contributed by atoms with Gasteiger partial charge in [0.1, 0.15) is 5.60 Å². The van der Waals surface area contributed by atoms with Gasteiger partial charge in [-0.05, 0) is 27.2 Å². The van der Waals surface area contributed by atoms with Gasteiger partial charge in [-0.15, -0.1) is 0 Å². The van der Waals surface area contributed by atoms with E-state index in [2.05, 4.69) is 0 Å². The summed E-state index contributed by atoms with van der Waals surface area (Å²) < 4.78 is 15.8. The molecule has 5 nitrogen and oxygen atoms in total. The quantitative estimate of drug-likeness (QED) is 0.707. The number of ether oxygens (including phenoxy) is 3. The lowest BCUT2D eigenvalue weighted by molar-refractivity contribution is 0.0106. The van der Waals surface area contributed by atoms with Crippen molar-refractivity contribution in [2.45, 2.75) is 38.9 Å². The van der Waals surface area contributed by atoms with Crippen LogP contribution < -0.4 is 0 Å². The molecular formula is C12H23NO4. The Hall–Kier alpha value is -0.810. The average molecular weight is 245 g/mol. The van der Waals surface area contributed by atoms with E-state index in [1.165, 1.54) is 0 Å². The van der Waals surface area contributed by atoms with E-state index in [0.29, 0.717) is 26.3 Å². The van der Waals surface area contributed by atoms with Crippen LogP contribution in [0.4, 0.5) is 4.79 Å². The number of carbonyl (C=O) groups is 1. The van der Waals surface area contributed by atoms with Crippen molar-refractivity contribution < 1.29 is 19.0 Å². The topological polar surface area (TPSA) is 48.0 Å². The summed E-state index contributed by atoms with van der Waals surface area (Å²) in [5, 5.41) is 0. The largest absolute Gasteiger partial charge is 0.444 e. The Labute approximate surface area is 103 Å². The third kappa shape index (κ3) is 5.37. The van der Waals surface area contributed by atoms with Crippen LogP contribution in [0.5, 0.6) is 0 Å². The molecule has 0 aromatic rings. The van der Waals surface area contributed by atoms with Crippen molar-refractivity contribution in [3.8, 4) is 0 Å². The number of hydrogen-bond acceptors (Lipinski definition) is 4. The second-order valence-electron chi connectivity index (χ2n) is 5.20. The van der Waals surface area contributed by atoms with Crippen molar-refractivity contribution in [1.29, 1.82) is 0 Å². The third-order valence-corrected chi connectivity index (χ3v) is 2.44. The number of methoxy groups -OCH3 is 1. The number of rotatable bonds is 4. The molecule has 0 radical (unpaired) electrons. The Bertz CT molecular complexity index is 249. The maximum absolute atomic E-state index is 11.8. The molecule has 1 atom stereocenters. The minimum atomic E-state index is -0.438. The molecule has 0 unspecified atom stereocenters. The Morgan fingerprint density at radius 3 is 2.65 bits per heavy atom. The van der Waals surface area contributed by atoms with Crippen molar-refractivity contribution in [1.82, 2.24) is 4.90 Å². The van der Waals surface area contributed by atoms with E-state index in [4.69, 9.17) is 14.2 Å². The van der Waals surface area contributed by atoms with Gasteiger partial charge in [0.2, 0.25) is 0 Å². The molecule has 0 aromatic carbocycles. The molecule has 0 bridgehead atoms. The molecule has 0 aliphatic carbocycles. The van der Waals surface area contributed by atoms with Crippen molar-refractivity contribution in [2.24, 2.45) is 0 Å². The molecule has 1 aliphatic rings. The van der Waals surface area contributed by atoms with Crippen LogP contribution in [0.1, 0.15) is 27.2 Å². The monoisotopic (exact) mass is 245 g/mol. The van der Waals surface area contributed by atoms with Gasteiger partial charge in [0.05, 0.1) is 25.9 Å². The molecule has 100 valence electrons. The Balaban J connectivity index is 2.27. The number of hydrogen-bond donors (Lipinski definition) is 0. The van der Waals surface area contributed by atoms with Crippen molar-refractivity contribution >= 4 is 6.09 Å². The third-order valence-electron chi connectivity index (χ3n) is 2.44. The van der Waals surface area contributed by atoms with Gasteiger partial charge in [-0.25, -0.2) is 4.79 Å². The zero-order chi connectivity index (χ0) is 12.9. The van der Waals surface area contributed by atoms with Crippen LogP contribution in [-0.2, 0) is 14.2 Å². The van der Waals surface area contributed by atoms with E-state index < -0.39 is 5.60 Å². The summed E-state index contributed by atoms with van der Waals surface area (Å²) in [6.07, 6.45) is 0.719. The van der Waals surface area contributed by atoms with E-state index in [1.54, 1.807) is 12.0 Å². The first-order valence-corrected chi connectivity index (χ1v) is 6.01. The van der Waals surface area contributed by atoms with E-state index in [9.17, 15) is 4.79 Å². The molecule has 1 amide bonds. The molecule has 17 heavy (non-hydrogen) atoms. The van der Waals surface area contributed by atoms with Crippen molar-refractivity contribution in [2.75, 3.05) is 33.4 Å². The van der Waals surface area contributed by atoms with Crippen molar-refractivity contribution in [3.05, 3.63) is 0 Å². The molecule has 1 rings (SSSR count). The van der Waals surface area contributed by atoms with E-state index in [1.807, 2.05) is 20.8 Å². The molecule has 1 fully saturated rings. The van der Waals surface area contributed by atoms with Crippen LogP contribution in [0.25, 0.3) is 0 Å². The number of likely N-dealkylation sites (tertiary alicyclic amines) is 1. The smallest absolute Gasteiger partial charge is 0.410 e. The van der Waals surface area contributed by atoms with Gasteiger partial charge < -0.3 is 19.1 Å². The number of amides is 1. The highest BCUT2D eigenvalue weighted by Crippen LogP contribution is 2.16. The van der Waals surface area contributed by atoms with Crippen LogP contribution in [0.3, 0.4) is 0 Å². The fraction of sp³-hybridized carbons (Fsp3) is 0.917. The Morgan fingerprint density at radius 1 is 1.35 bits per heavy atom. The van der Waals surface area contributed by atoms with Gasteiger partial charge in [-0.3, -0.25) is 0 Å². The van der Waals surface area contributed by atoms with E-state index in [-0.39, 0.29) is 12.2 Å². The second kappa shape index (κ2) is 6.21. The standard InChI is InChI=1S/C12H23NO4/c1-12(2,3)17-11(14)13-6-5-10(9-13)16-8-7-15-4/h10H,5-9H2,1-4H3/t10-/m0/s1. The predicted octanol–water partition coefficient (Wildman–Crippen LogP) is 1.66. The number of carbonyl (C=O) groups excluding carboxylic acids is 1. The molecule has 0 saturated carbocycles. The van der Waals surface area contributed by atoms with Gasteiger partial charge in [0, 0.05) is 13.7 Å². The van der Waals surface area contributed by atoms with Gasteiger partial charge in [0.25, 0.3) is 0 Å². The summed E-state index contributed by atoms with van der Waals surface area (Å²) in [5.74, 6) is 0. The molecule has 5 heteroatoms. The summed E-state index contributed by atoms with van der Waals surface area (Å²) in [4.78, 5) is 13.5. The lowest BCUT2D eigenvalue weighted by Crippen LogP contribution is -2.36. The number of nitrogens with zero attached hydrogens (tertiary/aromatic N) is 1. The highest BCUT2D eigenvalue weighted by Gasteiger charge is 2.29. The summed E-state index contributed by atoms with van der Waals surface area (Å²) in [6.45, 7) is 8.08. The SMILES string of the molecule is COCCO[C@H]1CCN(C(=O)OC(C)(C)C)C1. The molecule has 1 heterocycles. The lowest BCUT2D eigenvalue weighted by atomic mass is 10.2. The van der Waals surface area contributed by atoms with Gasteiger partial charge in [-0.2, -0.15) is 0 Å². The van der Waals surface area contributed by atoms with Gasteiger partial charge in [-0.1, -0.05) is 0 Å². The minimum Gasteiger partial charge on any atom is -0.444 e. The fourth-order valence-electron chi connectivity index (χ4n) is 1.65. The molecule has 0 aromatic heterocycles. The molecule has 0 spiro atoms. The minimum absolute atomic E-state index is 0.109. The first kappa shape index (κ1) is 14.3. The maximum atomic E-state index is 11.8. The molecule has 1 aliphatic heterocycles. The molecule has 0 N–H and O–H groups in total. The van der Waals surface area contributed by atoms with Crippen LogP contribution >= 0.6 is 0 Å². The Kier molecular flexibility index (Phi) is 5.21. The summed E-state index contributed by atoms with van der Waals surface area (Å²) in [7, 11) is 1.64. The Morgan fingerprint density at radius 2 is 2.06 bits per heavy atom. The second-order valence-corrected chi connectivity index (χ2v) is 5.20. The molecular weight excluding hydrogens is 222 g/mol. The van der Waals surface area contributed by atoms with Crippen LogP contribution in [-0.4, -0.2) is 56.1 Å². The van der Waals surface area contributed by atoms with Crippen LogP contribution in [0, 0.1) is 0 Å². The summed E-state index contributed by atoms with van der Waals surface area (Å²) >= 11 is 0. The van der Waals surface area contributed by atoms with Gasteiger partial charge >= 0.3 is 6.09 Å². The highest BCUT2D eigenvalue weighted by molar-refractivity contribution is 5.68. The van der Waals surface area contributed by atoms with Crippen molar-refractivity contribution in [3.63, 3.8) is 0 Å². The maximum Gasteiger partial charge on any atom is 0.410 e. The lowest BCUT2D eigenvalue weighted by Gasteiger charge is -2.24. The zero-order valence-corrected chi connectivity index (χ0v) is 11.2. The average Bonchev–Trinajstić information content (AvgIpc) is 2.64. The first-order chi connectivity index (χ1) is 7.92. The highest BCUT2D eigenvalue weighted by atomic mass is 16.6. The fourth-order valence-corrected chi connectivity index (χ4v) is 1.65. The van der Waals surface area contributed by atoms with Crippen LogP contribution in [0.2, 0.25) is 0 Å². The van der Waals surface area contributed by atoms with E-state index in [0.717, 1.165) is 6.42 Å². The summed E-state index contributed by atoms with van der Waals surface area (Å²) in [5.41, 5.74) is -0.438. The zero-order valence-electron chi connectivity index (χ0n) is 11.2. The van der Waals surface area contributed by atoms with E-state index >= 15 is 0 Å². The first-order valence-electron chi connectivity index (χ1n) is 6.01. The predicted molar refractivity (Wildman–Crippen MR) is 64.0 cm³/mol. The van der Waals surface area contributed by atoms with Crippen LogP contribution in [0.15, 0.2) is 0 Å². The normalized spacial score (nSPS) is 20.7.